The first-order valence-electron chi connectivity index (χ1n) is 15.5. The first kappa shape index (κ1) is 28.2. The lowest BCUT2D eigenvalue weighted by molar-refractivity contribution is -0.0138. The van der Waals surface area contributed by atoms with Crippen molar-refractivity contribution in [2.24, 2.45) is 0 Å². The Morgan fingerprint density at radius 1 is 0.900 bits per heavy atom. The predicted octanol–water partition coefficient (Wildman–Crippen LogP) is 3.05. The van der Waals surface area contributed by atoms with Crippen LogP contribution in [-0.4, -0.2) is 112 Å². The number of halogens is 1. The lowest BCUT2D eigenvalue weighted by Gasteiger charge is -2.49. The number of piperidine rings is 2. The second kappa shape index (κ2) is 12.9. The molecule has 0 radical (unpaired) electrons. The molecule has 1 aliphatic carbocycles. The van der Waals surface area contributed by atoms with Crippen molar-refractivity contribution >= 4 is 29.0 Å². The number of nitrogens with two attached hydrogens (primary N) is 1. The van der Waals surface area contributed by atoms with Gasteiger partial charge in [0.05, 0.1) is 30.5 Å². The third-order valence-electron chi connectivity index (χ3n) is 9.74. The van der Waals surface area contributed by atoms with Crippen molar-refractivity contribution in [2.75, 3.05) is 58.2 Å². The Morgan fingerprint density at radius 2 is 1.57 bits per heavy atom. The number of nitrogens with zero attached hydrogens (tertiary/aromatic N) is 6. The minimum absolute atomic E-state index is 0.0216. The Bertz CT molecular complexity index is 1140. The smallest absolute Gasteiger partial charge is 0.259 e. The minimum Gasteiger partial charge on any atom is -0.381 e. The number of nitrogen functional groups attached to an aromatic ring is 1. The Kier molecular flexibility index (Phi) is 9.08. The van der Waals surface area contributed by atoms with Crippen molar-refractivity contribution in [1.82, 2.24) is 34.6 Å². The van der Waals surface area contributed by atoms with Crippen molar-refractivity contribution in [2.45, 2.75) is 88.4 Å². The molecule has 0 bridgehead atoms. The van der Waals surface area contributed by atoms with E-state index in [1.165, 1.54) is 68.5 Å². The van der Waals surface area contributed by atoms with Gasteiger partial charge in [-0.3, -0.25) is 19.5 Å². The monoisotopic (exact) mass is 572 g/mol. The molecule has 3 saturated heterocycles. The summed E-state index contributed by atoms with van der Waals surface area (Å²) in [5.74, 6) is -0.0112. The van der Waals surface area contributed by atoms with Gasteiger partial charge in [0.2, 0.25) is 0 Å². The third kappa shape index (κ3) is 6.26. The van der Waals surface area contributed by atoms with Gasteiger partial charge in [0.15, 0.2) is 11.5 Å². The maximum atomic E-state index is 13.8. The van der Waals surface area contributed by atoms with Crippen molar-refractivity contribution < 1.29 is 9.53 Å². The van der Waals surface area contributed by atoms with E-state index in [1.54, 1.807) is 6.20 Å². The number of carbonyl (C=O) groups is 1. The Hall–Kier alpha value is -1.98. The number of fused-ring (bicyclic) bond motifs is 1. The number of rotatable bonds is 5. The zero-order valence-electron chi connectivity index (χ0n) is 23.6. The molecule has 4 fully saturated rings. The van der Waals surface area contributed by atoms with Crippen LogP contribution in [0.3, 0.4) is 0 Å². The lowest BCUT2D eigenvalue weighted by atomic mass is 9.89. The Labute approximate surface area is 242 Å². The van der Waals surface area contributed by atoms with E-state index in [2.05, 4.69) is 30.1 Å². The number of anilines is 1. The van der Waals surface area contributed by atoms with Gasteiger partial charge in [-0.1, -0.05) is 43.7 Å². The highest BCUT2D eigenvalue weighted by molar-refractivity contribution is 6.30. The van der Waals surface area contributed by atoms with E-state index < -0.39 is 0 Å². The van der Waals surface area contributed by atoms with E-state index in [0.29, 0.717) is 34.4 Å². The molecule has 1 amide bonds. The zero-order chi connectivity index (χ0) is 27.5. The Morgan fingerprint density at radius 3 is 2.33 bits per heavy atom. The standard InChI is InChI=1S/C29H45ClN8O2/c30-21-18-32-28-26(27(31)34-38(28)19-21)29(39)33-24-20-37(22-6-4-2-1-3-5-7-22)13-10-25(24)36-11-8-23(9-12-36)35-14-16-40-17-15-35/h18-19,22-25H,1-17,20H2,(H2,31,34)(H,33,39). The molecule has 11 heteroatoms. The highest BCUT2D eigenvalue weighted by Gasteiger charge is 2.39. The number of likely N-dealkylation sites (tertiary alicyclic amines) is 2. The van der Waals surface area contributed by atoms with Crippen LogP contribution >= 0.6 is 11.6 Å². The fraction of sp³-hybridized carbons (Fsp3) is 0.759. The average molecular weight is 573 g/mol. The second-order valence-corrected chi connectivity index (χ2v) is 12.6. The van der Waals surface area contributed by atoms with E-state index in [9.17, 15) is 4.79 Å². The fourth-order valence-electron chi connectivity index (χ4n) is 7.59. The van der Waals surface area contributed by atoms with Gasteiger partial charge >= 0.3 is 0 Å². The quantitative estimate of drug-likeness (QED) is 0.563. The molecule has 6 rings (SSSR count). The number of amides is 1. The molecule has 0 aromatic carbocycles. The molecule has 3 aliphatic heterocycles. The number of carbonyl (C=O) groups excluding carboxylic acids is 1. The molecule has 10 nitrogen and oxygen atoms in total. The predicted molar refractivity (Wildman–Crippen MR) is 157 cm³/mol. The SMILES string of the molecule is Nc1nn2cc(Cl)cnc2c1C(=O)NC1CN(C2CCCCCCC2)CCC1N1CCC(N2CCOCC2)CC1. The number of aromatic nitrogens is 3. The summed E-state index contributed by atoms with van der Waals surface area (Å²) in [4.78, 5) is 26.1. The molecule has 2 aromatic heterocycles. The van der Waals surface area contributed by atoms with E-state index >= 15 is 0 Å². The lowest BCUT2D eigenvalue weighted by Crippen LogP contribution is -2.63. The zero-order valence-corrected chi connectivity index (χ0v) is 24.4. The molecule has 4 aliphatic rings. The molecule has 2 atom stereocenters. The third-order valence-corrected chi connectivity index (χ3v) is 9.94. The summed E-state index contributed by atoms with van der Waals surface area (Å²) in [5.41, 5.74) is 7.02. The number of hydrogen-bond acceptors (Lipinski definition) is 8. The van der Waals surface area contributed by atoms with Crippen LogP contribution in [-0.2, 0) is 4.74 Å². The highest BCUT2D eigenvalue weighted by atomic mass is 35.5. The molecule has 40 heavy (non-hydrogen) atoms. The van der Waals surface area contributed by atoms with E-state index in [0.717, 1.165) is 58.9 Å². The van der Waals surface area contributed by atoms with E-state index in [1.807, 2.05) is 0 Å². The summed E-state index contributed by atoms with van der Waals surface area (Å²) in [6, 6.07) is 1.58. The molecular weight excluding hydrogens is 528 g/mol. The molecule has 220 valence electrons. The van der Waals surface area contributed by atoms with Gasteiger partial charge in [-0.05, 0) is 32.1 Å². The molecule has 5 heterocycles. The summed E-state index contributed by atoms with van der Waals surface area (Å²) in [5, 5.41) is 8.19. The van der Waals surface area contributed by atoms with Crippen LogP contribution in [0, 0.1) is 0 Å². The van der Waals surface area contributed by atoms with Crippen molar-refractivity contribution in [1.29, 1.82) is 0 Å². The molecule has 3 N–H and O–H groups in total. The van der Waals surface area contributed by atoms with Crippen molar-refractivity contribution in [3.8, 4) is 0 Å². The Balaban J connectivity index is 1.18. The van der Waals surface area contributed by atoms with Crippen LogP contribution in [0.2, 0.25) is 5.02 Å². The first-order valence-corrected chi connectivity index (χ1v) is 15.8. The van der Waals surface area contributed by atoms with Gasteiger partial charge in [0.1, 0.15) is 5.56 Å². The van der Waals surface area contributed by atoms with Crippen LogP contribution in [0.4, 0.5) is 5.82 Å². The van der Waals surface area contributed by atoms with Gasteiger partial charge in [-0.15, -0.1) is 5.10 Å². The molecular formula is C29H45ClN8O2. The molecule has 2 unspecified atom stereocenters. The van der Waals surface area contributed by atoms with E-state index in [4.69, 9.17) is 22.1 Å². The maximum Gasteiger partial charge on any atom is 0.259 e. The van der Waals surface area contributed by atoms with Crippen molar-refractivity contribution in [3.63, 3.8) is 0 Å². The summed E-state index contributed by atoms with van der Waals surface area (Å²) in [7, 11) is 0. The minimum atomic E-state index is -0.194. The summed E-state index contributed by atoms with van der Waals surface area (Å²) in [6.07, 6.45) is 15.8. The molecule has 2 aromatic rings. The van der Waals surface area contributed by atoms with Crippen molar-refractivity contribution in [3.05, 3.63) is 23.0 Å². The average Bonchev–Trinajstić information content (AvgIpc) is 3.28. The largest absolute Gasteiger partial charge is 0.381 e. The maximum absolute atomic E-state index is 13.8. The summed E-state index contributed by atoms with van der Waals surface area (Å²) in [6.45, 7) is 7.91. The number of ether oxygens (including phenoxy) is 1. The van der Waals surface area contributed by atoms with Crippen LogP contribution in [0.25, 0.3) is 5.65 Å². The molecule has 0 spiro atoms. The number of hydrogen-bond donors (Lipinski definition) is 2. The van der Waals surface area contributed by atoms with E-state index in [-0.39, 0.29) is 17.8 Å². The summed E-state index contributed by atoms with van der Waals surface area (Å²) < 4.78 is 7.08. The van der Waals surface area contributed by atoms with Gasteiger partial charge in [-0.2, -0.15) is 0 Å². The van der Waals surface area contributed by atoms with Gasteiger partial charge in [0, 0.05) is 63.6 Å². The van der Waals surface area contributed by atoms with Crippen LogP contribution < -0.4 is 11.1 Å². The summed E-state index contributed by atoms with van der Waals surface area (Å²) >= 11 is 6.11. The van der Waals surface area contributed by atoms with Gasteiger partial charge in [0.25, 0.3) is 5.91 Å². The first-order chi connectivity index (χ1) is 19.6. The number of morpholine rings is 1. The number of nitrogens with one attached hydrogen (secondary N) is 1. The van der Waals surface area contributed by atoms with Crippen LogP contribution in [0.1, 0.15) is 74.6 Å². The van der Waals surface area contributed by atoms with Gasteiger partial charge < -0.3 is 15.8 Å². The van der Waals surface area contributed by atoms with Crippen LogP contribution in [0.15, 0.2) is 12.4 Å². The topological polar surface area (TPSA) is 104 Å². The fourth-order valence-corrected chi connectivity index (χ4v) is 7.73. The normalized spacial score (nSPS) is 27.4. The van der Waals surface area contributed by atoms with Crippen LogP contribution in [0.5, 0.6) is 0 Å². The second-order valence-electron chi connectivity index (χ2n) is 12.1. The highest BCUT2D eigenvalue weighted by Crippen LogP contribution is 2.29. The molecule has 1 saturated carbocycles. The van der Waals surface area contributed by atoms with Gasteiger partial charge in [-0.25, -0.2) is 9.50 Å².